The van der Waals surface area contributed by atoms with E-state index < -0.39 is 35.8 Å². The van der Waals surface area contributed by atoms with Gasteiger partial charge in [0.25, 0.3) is 5.56 Å². The number of nitrogens with zero attached hydrogens (tertiary/aromatic N) is 3. The van der Waals surface area contributed by atoms with E-state index in [2.05, 4.69) is 15.1 Å². The zero-order valence-corrected chi connectivity index (χ0v) is 14.6. The molecule has 1 aliphatic rings. The molecule has 1 aromatic carbocycles. The molecule has 0 bridgehead atoms. The maximum Gasteiger partial charge on any atom is 0.419 e. The molecule has 2 aromatic heterocycles. The van der Waals surface area contributed by atoms with Crippen LogP contribution in [0.15, 0.2) is 23.0 Å². The molecule has 1 fully saturated rings. The lowest BCUT2D eigenvalue weighted by Gasteiger charge is -2.19. The van der Waals surface area contributed by atoms with E-state index in [9.17, 15) is 26.7 Å². The summed E-state index contributed by atoms with van der Waals surface area (Å²) < 4.78 is 67.5. The van der Waals surface area contributed by atoms with Crippen molar-refractivity contribution < 1.29 is 22.0 Å². The number of H-pyrrole nitrogens is 1. The van der Waals surface area contributed by atoms with Crippen LogP contribution in [-0.2, 0) is 12.9 Å². The van der Waals surface area contributed by atoms with Crippen molar-refractivity contribution in [1.82, 2.24) is 19.7 Å². The van der Waals surface area contributed by atoms with Crippen molar-refractivity contribution in [2.24, 2.45) is 5.92 Å². The second kappa shape index (κ2) is 6.39. The van der Waals surface area contributed by atoms with Crippen LogP contribution in [0, 0.1) is 18.7 Å². The Balaban J connectivity index is 1.91. The summed E-state index contributed by atoms with van der Waals surface area (Å²) >= 11 is 0. The van der Waals surface area contributed by atoms with Crippen LogP contribution in [0.2, 0.25) is 0 Å². The highest BCUT2D eigenvalue weighted by Crippen LogP contribution is 2.45. The lowest BCUT2D eigenvalue weighted by atomic mass is 10.0. The monoisotopic (exact) mass is 398 g/mol. The van der Waals surface area contributed by atoms with Crippen LogP contribution in [0.25, 0.3) is 11.0 Å². The third-order valence-electron chi connectivity index (χ3n) is 4.85. The second-order valence-electron chi connectivity index (χ2n) is 6.89. The van der Waals surface area contributed by atoms with Crippen molar-refractivity contribution in [3.8, 4) is 0 Å². The van der Waals surface area contributed by atoms with Crippen LogP contribution in [-0.4, -0.2) is 19.7 Å². The van der Waals surface area contributed by atoms with Gasteiger partial charge in [-0.05, 0) is 43.4 Å². The molecule has 4 rings (SSSR count). The molecule has 1 N–H and O–H groups in total. The second-order valence-corrected chi connectivity index (χ2v) is 6.89. The third kappa shape index (κ3) is 3.06. The molecular formula is C18H15F5N4O. The maximum absolute atomic E-state index is 14.1. The topological polar surface area (TPSA) is 63.6 Å². The van der Waals surface area contributed by atoms with Gasteiger partial charge in [-0.2, -0.15) is 18.3 Å². The molecule has 28 heavy (non-hydrogen) atoms. The lowest BCUT2D eigenvalue weighted by Crippen LogP contribution is -2.18. The van der Waals surface area contributed by atoms with E-state index in [0.29, 0.717) is 6.07 Å². The summed E-state index contributed by atoms with van der Waals surface area (Å²) in [5, 5.41) is 4.15. The van der Waals surface area contributed by atoms with Crippen LogP contribution in [0.4, 0.5) is 22.0 Å². The van der Waals surface area contributed by atoms with Crippen molar-refractivity contribution in [1.29, 1.82) is 0 Å². The van der Waals surface area contributed by atoms with Gasteiger partial charge in [-0.3, -0.25) is 4.79 Å². The number of aromatic amines is 1. The number of hydrogen-bond acceptors (Lipinski definition) is 3. The first-order valence-electron chi connectivity index (χ1n) is 8.61. The zero-order chi connectivity index (χ0) is 20.2. The van der Waals surface area contributed by atoms with Crippen LogP contribution in [0.5, 0.6) is 0 Å². The van der Waals surface area contributed by atoms with Gasteiger partial charge in [0, 0.05) is 0 Å². The maximum atomic E-state index is 14.1. The summed E-state index contributed by atoms with van der Waals surface area (Å²) in [6.07, 6.45) is -3.30. The number of aryl methyl sites for hydroxylation is 1. The first-order valence-corrected chi connectivity index (χ1v) is 8.61. The average Bonchev–Trinajstić information content (AvgIpc) is 3.36. The van der Waals surface area contributed by atoms with Gasteiger partial charge in [-0.15, -0.1) is 0 Å². The van der Waals surface area contributed by atoms with Gasteiger partial charge in [0.15, 0.2) is 5.65 Å². The number of fused-ring (bicyclic) bond motifs is 1. The Morgan fingerprint density at radius 2 is 2.04 bits per heavy atom. The summed E-state index contributed by atoms with van der Waals surface area (Å²) in [6, 6.07) is 2.06. The average molecular weight is 398 g/mol. The number of halogens is 5. The Hall–Kier alpha value is -2.78. The number of aromatic nitrogens is 4. The van der Waals surface area contributed by atoms with Crippen molar-refractivity contribution in [3.05, 3.63) is 57.0 Å². The fraction of sp³-hybridized carbons (Fsp3) is 0.389. The Labute approximate surface area is 155 Å². The summed E-state index contributed by atoms with van der Waals surface area (Å²) in [4.78, 5) is 19.0. The number of nitrogens with one attached hydrogen (secondary N) is 1. The van der Waals surface area contributed by atoms with Gasteiger partial charge in [-0.25, -0.2) is 18.4 Å². The van der Waals surface area contributed by atoms with Gasteiger partial charge in [0.2, 0.25) is 0 Å². The summed E-state index contributed by atoms with van der Waals surface area (Å²) in [6.45, 7) is 0.549. The molecule has 3 aromatic rings. The molecule has 0 amide bonds. The Morgan fingerprint density at radius 1 is 1.32 bits per heavy atom. The number of benzene rings is 1. The minimum atomic E-state index is -4.80. The van der Waals surface area contributed by atoms with Crippen molar-refractivity contribution in [2.75, 3.05) is 0 Å². The van der Waals surface area contributed by atoms with Crippen molar-refractivity contribution >= 4 is 11.0 Å². The van der Waals surface area contributed by atoms with Crippen LogP contribution in [0.3, 0.4) is 0 Å². The SMILES string of the molecule is Cc1nc2c(c(CF)nn2C(c2ccc(C(F)(F)F)c(F)c2)C2CC2)c(=O)[nH]1. The van der Waals surface area contributed by atoms with Gasteiger partial charge in [0.05, 0.1) is 11.6 Å². The molecule has 1 unspecified atom stereocenters. The highest BCUT2D eigenvalue weighted by atomic mass is 19.4. The normalized spacial score (nSPS) is 15.9. The summed E-state index contributed by atoms with van der Waals surface area (Å²) in [5.41, 5.74) is -1.61. The molecule has 10 heteroatoms. The van der Waals surface area contributed by atoms with E-state index >= 15 is 0 Å². The minimum Gasteiger partial charge on any atom is -0.310 e. The Morgan fingerprint density at radius 3 is 2.61 bits per heavy atom. The molecule has 148 valence electrons. The van der Waals surface area contributed by atoms with Crippen LogP contribution in [0.1, 0.15) is 41.5 Å². The van der Waals surface area contributed by atoms with Crippen LogP contribution < -0.4 is 5.56 Å². The largest absolute Gasteiger partial charge is 0.419 e. The van der Waals surface area contributed by atoms with E-state index in [-0.39, 0.29) is 34.0 Å². The molecule has 5 nitrogen and oxygen atoms in total. The predicted molar refractivity (Wildman–Crippen MR) is 90.0 cm³/mol. The molecule has 1 aliphatic carbocycles. The zero-order valence-electron chi connectivity index (χ0n) is 14.6. The first kappa shape index (κ1) is 18.6. The number of hydrogen-bond donors (Lipinski definition) is 1. The van der Waals surface area contributed by atoms with Gasteiger partial charge in [-0.1, -0.05) is 6.07 Å². The van der Waals surface area contributed by atoms with E-state index in [1.165, 1.54) is 10.7 Å². The molecule has 2 heterocycles. The fourth-order valence-electron chi connectivity index (χ4n) is 3.48. The number of alkyl halides is 4. The lowest BCUT2D eigenvalue weighted by molar-refractivity contribution is -0.140. The fourth-order valence-corrected chi connectivity index (χ4v) is 3.48. The van der Waals surface area contributed by atoms with E-state index in [1.54, 1.807) is 6.92 Å². The summed E-state index contributed by atoms with van der Waals surface area (Å²) in [7, 11) is 0. The molecule has 0 radical (unpaired) electrons. The Kier molecular flexibility index (Phi) is 4.24. The van der Waals surface area contributed by atoms with Gasteiger partial charge >= 0.3 is 6.18 Å². The quantitative estimate of drug-likeness (QED) is 0.675. The first-order chi connectivity index (χ1) is 13.2. The van der Waals surface area contributed by atoms with Crippen LogP contribution >= 0.6 is 0 Å². The van der Waals surface area contributed by atoms with Crippen molar-refractivity contribution in [3.63, 3.8) is 0 Å². The highest BCUT2D eigenvalue weighted by molar-refractivity contribution is 5.77. The molecule has 1 saturated carbocycles. The molecular weight excluding hydrogens is 383 g/mol. The van der Waals surface area contributed by atoms with Gasteiger partial charge in [0.1, 0.15) is 29.4 Å². The van der Waals surface area contributed by atoms with E-state index in [1.807, 2.05) is 0 Å². The number of rotatable bonds is 4. The van der Waals surface area contributed by atoms with Crippen molar-refractivity contribution in [2.45, 2.75) is 38.7 Å². The molecule has 0 spiro atoms. The Bertz CT molecular complexity index is 1110. The standard InChI is InChI=1S/C18H15F5N4O/c1-8-24-16-14(17(28)25-8)13(7-19)26-27(16)15(9-2-3-9)10-4-5-11(12(20)6-10)18(21,22)23/h4-6,9,15H,2-3,7H2,1H3,(H,24,25,28). The summed E-state index contributed by atoms with van der Waals surface area (Å²) in [5.74, 6) is -1.12. The minimum absolute atomic E-state index is 0.00821. The van der Waals surface area contributed by atoms with Gasteiger partial charge < -0.3 is 4.98 Å². The molecule has 0 aliphatic heterocycles. The molecule has 0 saturated heterocycles. The smallest absolute Gasteiger partial charge is 0.310 e. The third-order valence-corrected chi connectivity index (χ3v) is 4.85. The molecule has 1 atom stereocenters. The van der Waals surface area contributed by atoms with E-state index in [4.69, 9.17) is 0 Å². The highest BCUT2D eigenvalue weighted by Gasteiger charge is 2.39. The van der Waals surface area contributed by atoms with E-state index in [0.717, 1.165) is 18.9 Å². The predicted octanol–water partition coefficient (Wildman–Crippen LogP) is 4.05.